The summed E-state index contributed by atoms with van der Waals surface area (Å²) in [6, 6.07) is 12.0. The highest BCUT2D eigenvalue weighted by molar-refractivity contribution is 6.40. The third kappa shape index (κ3) is 22.6. The van der Waals surface area contributed by atoms with E-state index in [-0.39, 0.29) is 5.34 Å². The molecule has 82 valence electrons. The van der Waals surface area contributed by atoms with E-state index in [0.717, 1.165) is 0 Å². The molecule has 0 heterocycles. The second-order valence-corrected chi connectivity index (χ2v) is 3.64. The van der Waals surface area contributed by atoms with Crippen molar-refractivity contribution in [2.45, 2.75) is 13.8 Å². The van der Waals surface area contributed by atoms with Gasteiger partial charge in [0.05, 0.1) is 5.34 Å². The minimum absolute atomic E-state index is 0.194. The molecule has 0 saturated heterocycles. The number of benzene rings is 1. The molecule has 0 aromatic heterocycles. The van der Waals surface area contributed by atoms with Crippen LogP contribution in [0.25, 0.3) is 0 Å². The van der Waals surface area contributed by atoms with Gasteiger partial charge in [0.2, 0.25) is 0 Å². The quantitative estimate of drug-likeness (QED) is 0.737. The highest BCUT2D eigenvalue weighted by Crippen LogP contribution is 1.83. The van der Waals surface area contributed by atoms with Crippen LogP contribution in [0.5, 0.6) is 0 Å². The van der Waals surface area contributed by atoms with Crippen LogP contribution in [0.4, 0.5) is 0 Å². The van der Waals surface area contributed by atoms with Crippen LogP contribution in [0.3, 0.4) is 0 Å². The molecule has 0 aliphatic carbocycles. The van der Waals surface area contributed by atoms with E-state index in [9.17, 15) is 0 Å². The summed E-state index contributed by atoms with van der Waals surface area (Å²) in [5, 5.41) is 8.34. The fourth-order valence-electron chi connectivity index (χ4n) is 0.385. The zero-order valence-corrected chi connectivity index (χ0v) is 10.2. The normalized spacial score (nSPS) is 8.14. The van der Waals surface area contributed by atoms with Crippen molar-refractivity contribution in [1.82, 2.24) is 0 Å². The molecule has 0 radical (unpaired) electrons. The van der Waals surface area contributed by atoms with Gasteiger partial charge in [-0.25, -0.2) is 0 Å². The lowest BCUT2D eigenvalue weighted by Gasteiger charge is -1.90. The van der Waals surface area contributed by atoms with E-state index in [0.29, 0.717) is 12.5 Å². The van der Waals surface area contributed by atoms with Gasteiger partial charge in [0, 0.05) is 6.61 Å². The zero-order valence-electron chi connectivity index (χ0n) is 8.66. The predicted molar refractivity (Wildman–Crippen MR) is 64.9 cm³/mol. The van der Waals surface area contributed by atoms with E-state index in [1.807, 2.05) is 50.2 Å². The average Bonchev–Trinajstić information content (AvgIpc) is 2.22. The topological polar surface area (TPSA) is 20.2 Å². The Morgan fingerprint density at radius 2 is 1.07 bits per heavy atom. The number of hydrogen-bond donors (Lipinski definition) is 1. The van der Waals surface area contributed by atoms with Crippen LogP contribution in [-0.4, -0.2) is 17.1 Å². The van der Waals surface area contributed by atoms with E-state index < -0.39 is 0 Å². The third-order valence-electron chi connectivity index (χ3n) is 1.03. The second kappa shape index (κ2) is 15.2. The first kappa shape index (κ1) is 16.2. The van der Waals surface area contributed by atoms with Crippen molar-refractivity contribution in [1.29, 1.82) is 0 Å². The van der Waals surface area contributed by atoms with Gasteiger partial charge in [0.25, 0.3) is 0 Å². The smallest absolute Gasteiger partial charge is 0.0967 e. The molecule has 0 atom stereocenters. The van der Waals surface area contributed by atoms with Gasteiger partial charge < -0.3 is 5.11 Å². The zero-order chi connectivity index (χ0) is 11.2. The molecule has 3 heteroatoms. The molecule has 0 aliphatic rings. The third-order valence-corrected chi connectivity index (χ3v) is 1.03. The number of aliphatic hydroxyl groups is 1. The lowest BCUT2D eigenvalue weighted by molar-refractivity contribution is 0.248. The van der Waals surface area contributed by atoms with Gasteiger partial charge in [0.15, 0.2) is 0 Å². The van der Waals surface area contributed by atoms with Crippen molar-refractivity contribution < 1.29 is 5.11 Å². The van der Waals surface area contributed by atoms with Crippen molar-refractivity contribution in [3.05, 3.63) is 36.4 Å². The molecular formula is C11H18Cl2O. The molecule has 0 unspecified atom stereocenters. The fraction of sp³-hybridized carbons (Fsp3) is 0.455. The highest BCUT2D eigenvalue weighted by Gasteiger charge is 1.81. The maximum absolute atomic E-state index is 8.14. The Labute approximate surface area is 96.7 Å². The van der Waals surface area contributed by atoms with E-state index in [2.05, 4.69) is 0 Å². The molecule has 1 nitrogen and oxygen atoms in total. The van der Waals surface area contributed by atoms with Crippen LogP contribution in [0.2, 0.25) is 0 Å². The Kier molecular flexibility index (Phi) is 17.6. The van der Waals surface area contributed by atoms with Crippen LogP contribution in [-0.2, 0) is 0 Å². The van der Waals surface area contributed by atoms with Crippen LogP contribution in [0, 0.1) is 5.92 Å². The molecule has 0 spiro atoms. The molecule has 0 amide bonds. The van der Waals surface area contributed by atoms with E-state index in [1.54, 1.807) is 0 Å². The molecule has 0 aliphatic heterocycles. The lowest BCUT2D eigenvalue weighted by atomic mass is 10.2. The standard InChI is InChI=1S/C6H6.C4H10O.CH2Cl2/c1-2-4-6-5-3-1;1-4(2)3-5;2-1-3/h1-6H;4-5H,3H2,1-2H3;1H2. The highest BCUT2D eigenvalue weighted by atomic mass is 35.5. The van der Waals surface area contributed by atoms with Crippen LogP contribution < -0.4 is 0 Å². The van der Waals surface area contributed by atoms with Crippen LogP contribution in [0.15, 0.2) is 36.4 Å². The number of hydrogen-bond acceptors (Lipinski definition) is 1. The van der Waals surface area contributed by atoms with Gasteiger partial charge in [-0.15, -0.1) is 23.2 Å². The number of rotatable bonds is 1. The summed E-state index contributed by atoms with van der Waals surface area (Å²) in [6.45, 7) is 4.25. The Bertz CT molecular complexity index is 139. The summed E-state index contributed by atoms with van der Waals surface area (Å²) in [7, 11) is 0. The first-order valence-corrected chi connectivity index (χ1v) is 5.48. The number of aliphatic hydroxyl groups excluding tert-OH is 1. The second-order valence-electron chi connectivity index (χ2n) is 2.83. The van der Waals surface area contributed by atoms with E-state index >= 15 is 0 Å². The minimum atomic E-state index is 0.194. The molecule has 0 bridgehead atoms. The molecule has 1 aromatic carbocycles. The van der Waals surface area contributed by atoms with Gasteiger partial charge in [-0.3, -0.25) is 0 Å². The summed E-state index contributed by atoms with van der Waals surface area (Å²) in [6.07, 6.45) is 0. The fourth-order valence-corrected chi connectivity index (χ4v) is 0.385. The molecule has 0 fully saturated rings. The summed E-state index contributed by atoms with van der Waals surface area (Å²) in [5.41, 5.74) is 0. The van der Waals surface area contributed by atoms with Crippen LogP contribution in [0.1, 0.15) is 13.8 Å². The van der Waals surface area contributed by atoms with E-state index in [1.165, 1.54) is 0 Å². The molecular weight excluding hydrogens is 219 g/mol. The molecule has 1 rings (SSSR count). The minimum Gasteiger partial charge on any atom is -0.396 e. The van der Waals surface area contributed by atoms with Crippen molar-refractivity contribution in [2.24, 2.45) is 5.92 Å². The molecule has 0 saturated carbocycles. The molecule has 14 heavy (non-hydrogen) atoms. The summed E-state index contributed by atoms with van der Waals surface area (Å²) in [5.74, 6) is 0.440. The van der Waals surface area contributed by atoms with Gasteiger partial charge >= 0.3 is 0 Å². The van der Waals surface area contributed by atoms with Gasteiger partial charge in [-0.05, 0) is 5.92 Å². The predicted octanol–water partition coefficient (Wildman–Crippen LogP) is 3.74. The van der Waals surface area contributed by atoms with Gasteiger partial charge in [-0.2, -0.15) is 0 Å². The Morgan fingerprint density at radius 1 is 0.929 bits per heavy atom. The summed E-state index contributed by atoms with van der Waals surface area (Å²) < 4.78 is 0. The van der Waals surface area contributed by atoms with Crippen molar-refractivity contribution in [3.63, 3.8) is 0 Å². The molecule has 1 N–H and O–H groups in total. The first-order chi connectivity index (χ1) is 6.68. The monoisotopic (exact) mass is 236 g/mol. The van der Waals surface area contributed by atoms with Crippen molar-refractivity contribution >= 4 is 23.2 Å². The summed E-state index contributed by atoms with van der Waals surface area (Å²) in [4.78, 5) is 0. The Hall–Kier alpha value is -0.240. The SMILES string of the molecule is CC(C)CO.ClCCl.c1ccccc1. The number of alkyl halides is 2. The van der Waals surface area contributed by atoms with Gasteiger partial charge in [-0.1, -0.05) is 50.2 Å². The maximum atomic E-state index is 8.14. The Morgan fingerprint density at radius 3 is 1.14 bits per heavy atom. The number of halogens is 2. The average molecular weight is 237 g/mol. The largest absolute Gasteiger partial charge is 0.396 e. The molecule has 1 aromatic rings. The lowest BCUT2D eigenvalue weighted by Crippen LogP contribution is -1.90. The van der Waals surface area contributed by atoms with E-state index in [4.69, 9.17) is 28.3 Å². The van der Waals surface area contributed by atoms with Crippen LogP contribution >= 0.6 is 23.2 Å². The first-order valence-electron chi connectivity index (χ1n) is 4.41. The summed E-state index contributed by atoms with van der Waals surface area (Å²) >= 11 is 9.53. The van der Waals surface area contributed by atoms with Gasteiger partial charge in [0.1, 0.15) is 0 Å². The van der Waals surface area contributed by atoms with Crippen molar-refractivity contribution in [2.75, 3.05) is 11.9 Å². The Balaban J connectivity index is 0. The maximum Gasteiger partial charge on any atom is 0.0967 e. The van der Waals surface area contributed by atoms with Crippen molar-refractivity contribution in [3.8, 4) is 0 Å².